The molecule has 0 radical (unpaired) electrons. The van der Waals surface area contributed by atoms with E-state index in [1.807, 2.05) is 13.0 Å². The molecule has 0 bridgehead atoms. The Morgan fingerprint density at radius 1 is 1.30 bits per heavy atom. The summed E-state index contributed by atoms with van der Waals surface area (Å²) in [5.74, 6) is -1.07. The van der Waals surface area contributed by atoms with Crippen LogP contribution in [0, 0.1) is 13.8 Å². The summed E-state index contributed by atoms with van der Waals surface area (Å²) in [7, 11) is -3.76. The molecule has 1 aliphatic heterocycles. The largest absolute Gasteiger partial charge is 0.480 e. The maximum atomic E-state index is 12.7. The van der Waals surface area contributed by atoms with Crippen molar-refractivity contribution in [2.75, 3.05) is 6.54 Å². The van der Waals surface area contributed by atoms with Gasteiger partial charge in [0.2, 0.25) is 10.0 Å². The molecule has 1 atom stereocenters. The van der Waals surface area contributed by atoms with E-state index < -0.39 is 22.0 Å². The molecule has 0 saturated carbocycles. The van der Waals surface area contributed by atoms with E-state index in [9.17, 15) is 18.3 Å². The molecule has 1 aromatic carbocycles. The van der Waals surface area contributed by atoms with Gasteiger partial charge in [-0.2, -0.15) is 4.31 Å². The zero-order valence-electron chi connectivity index (χ0n) is 11.7. The normalized spacial score (nSPS) is 20.8. The number of aryl methyl sites for hydroxylation is 2. The van der Waals surface area contributed by atoms with Gasteiger partial charge in [0.05, 0.1) is 4.90 Å². The minimum atomic E-state index is -3.76. The van der Waals surface area contributed by atoms with Gasteiger partial charge in [-0.1, -0.05) is 12.1 Å². The topological polar surface area (TPSA) is 74.7 Å². The predicted octanol–water partition coefficient (Wildman–Crippen LogP) is 1.93. The zero-order chi connectivity index (χ0) is 14.9. The van der Waals surface area contributed by atoms with Crippen molar-refractivity contribution in [3.8, 4) is 0 Å². The standard InChI is InChI=1S/C14H19NO4S/c1-10-6-7-11(2)13(9-10)20(18,19)15-8-4-3-5-12(15)14(16)17/h6-7,9,12H,3-5,8H2,1-2H3,(H,16,17)/t12-/m1/s1. The molecule has 0 aliphatic carbocycles. The van der Waals surface area contributed by atoms with Crippen LogP contribution in [0.1, 0.15) is 30.4 Å². The molecule has 5 nitrogen and oxygen atoms in total. The lowest BCUT2D eigenvalue weighted by atomic mass is 10.1. The molecule has 0 unspecified atom stereocenters. The van der Waals surface area contributed by atoms with Crippen molar-refractivity contribution in [3.05, 3.63) is 29.3 Å². The summed E-state index contributed by atoms with van der Waals surface area (Å²) in [4.78, 5) is 11.5. The van der Waals surface area contributed by atoms with Crippen LogP contribution in [0.5, 0.6) is 0 Å². The van der Waals surface area contributed by atoms with Crippen LogP contribution in [-0.4, -0.2) is 36.4 Å². The molecule has 0 spiro atoms. The van der Waals surface area contributed by atoms with E-state index in [-0.39, 0.29) is 11.4 Å². The zero-order valence-corrected chi connectivity index (χ0v) is 12.5. The number of piperidine rings is 1. The molecule has 1 N–H and O–H groups in total. The number of rotatable bonds is 3. The van der Waals surface area contributed by atoms with Crippen LogP contribution in [-0.2, 0) is 14.8 Å². The number of benzene rings is 1. The number of sulfonamides is 1. The third kappa shape index (κ3) is 2.71. The lowest BCUT2D eigenvalue weighted by molar-refractivity contribution is -0.142. The number of carbonyl (C=O) groups is 1. The van der Waals surface area contributed by atoms with Crippen molar-refractivity contribution >= 4 is 16.0 Å². The van der Waals surface area contributed by atoms with Crippen LogP contribution < -0.4 is 0 Å². The predicted molar refractivity (Wildman–Crippen MR) is 75.1 cm³/mol. The van der Waals surface area contributed by atoms with Crippen molar-refractivity contribution in [3.63, 3.8) is 0 Å². The second-order valence-electron chi connectivity index (χ2n) is 5.23. The Balaban J connectivity index is 2.47. The number of hydrogen-bond acceptors (Lipinski definition) is 3. The van der Waals surface area contributed by atoms with Gasteiger partial charge in [0.15, 0.2) is 0 Å². The molecular formula is C14H19NO4S. The minimum Gasteiger partial charge on any atom is -0.480 e. The van der Waals surface area contributed by atoms with E-state index in [1.165, 1.54) is 0 Å². The van der Waals surface area contributed by atoms with E-state index in [0.29, 0.717) is 18.4 Å². The lowest BCUT2D eigenvalue weighted by Gasteiger charge is -2.32. The van der Waals surface area contributed by atoms with Crippen molar-refractivity contribution in [2.24, 2.45) is 0 Å². The van der Waals surface area contributed by atoms with E-state index in [2.05, 4.69) is 0 Å². The summed E-state index contributed by atoms with van der Waals surface area (Å²) >= 11 is 0. The number of aliphatic carboxylic acids is 1. The fourth-order valence-electron chi connectivity index (χ4n) is 2.55. The summed E-state index contributed by atoms with van der Waals surface area (Å²) in [6.07, 6.45) is 1.82. The maximum absolute atomic E-state index is 12.7. The highest BCUT2D eigenvalue weighted by Gasteiger charge is 2.38. The molecular weight excluding hydrogens is 278 g/mol. The van der Waals surface area contributed by atoms with Crippen LogP contribution in [0.3, 0.4) is 0 Å². The average molecular weight is 297 g/mol. The molecule has 0 aromatic heterocycles. The maximum Gasteiger partial charge on any atom is 0.322 e. The first-order valence-electron chi connectivity index (χ1n) is 6.66. The molecule has 0 amide bonds. The monoisotopic (exact) mass is 297 g/mol. The number of carboxylic acids is 1. The summed E-state index contributed by atoms with van der Waals surface area (Å²) < 4.78 is 26.6. The van der Waals surface area contributed by atoms with Crippen LogP contribution >= 0.6 is 0 Å². The Morgan fingerprint density at radius 2 is 2.00 bits per heavy atom. The highest BCUT2D eigenvalue weighted by molar-refractivity contribution is 7.89. The van der Waals surface area contributed by atoms with Gasteiger partial charge in [0.1, 0.15) is 6.04 Å². The van der Waals surface area contributed by atoms with E-state index in [0.717, 1.165) is 16.3 Å². The van der Waals surface area contributed by atoms with Crippen LogP contribution in [0.4, 0.5) is 0 Å². The minimum absolute atomic E-state index is 0.214. The Hall–Kier alpha value is -1.40. The fraction of sp³-hybridized carbons (Fsp3) is 0.500. The SMILES string of the molecule is Cc1ccc(C)c(S(=O)(=O)N2CCCC[C@@H]2C(=O)O)c1. The van der Waals surface area contributed by atoms with Crippen molar-refractivity contribution < 1.29 is 18.3 Å². The Morgan fingerprint density at radius 3 is 2.65 bits per heavy atom. The van der Waals surface area contributed by atoms with Gasteiger partial charge in [0.25, 0.3) is 0 Å². The average Bonchev–Trinajstić information content (AvgIpc) is 2.41. The first-order chi connectivity index (χ1) is 9.34. The smallest absolute Gasteiger partial charge is 0.322 e. The fourth-order valence-corrected chi connectivity index (χ4v) is 4.51. The van der Waals surface area contributed by atoms with Gasteiger partial charge in [-0.3, -0.25) is 4.79 Å². The summed E-state index contributed by atoms with van der Waals surface area (Å²) in [5, 5.41) is 9.24. The third-order valence-electron chi connectivity index (χ3n) is 3.67. The first kappa shape index (κ1) is 15.0. The van der Waals surface area contributed by atoms with Crippen LogP contribution in [0.2, 0.25) is 0 Å². The highest BCUT2D eigenvalue weighted by atomic mass is 32.2. The summed E-state index contributed by atoms with van der Waals surface area (Å²) in [6.45, 7) is 3.82. The second kappa shape index (κ2) is 5.54. The number of nitrogens with zero attached hydrogens (tertiary/aromatic N) is 1. The van der Waals surface area contributed by atoms with Crippen molar-refractivity contribution in [1.29, 1.82) is 0 Å². The number of hydrogen-bond donors (Lipinski definition) is 1. The number of carboxylic acid groups (broad SMARTS) is 1. The van der Waals surface area contributed by atoms with E-state index in [4.69, 9.17) is 0 Å². The van der Waals surface area contributed by atoms with Gasteiger partial charge in [-0.15, -0.1) is 0 Å². The van der Waals surface area contributed by atoms with Crippen molar-refractivity contribution in [1.82, 2.24) is 4.31 Å². The van der Waals surface area contributed by atoms with Gasteiger partial charge in [0, 0.05) is 6.54 Å². The van der Waals surface area contributed by atoms with E-state index in [1.54, 1.807) is 19.1 Å². The van der Waals surface area contributed by atoms with Gasteiger partial charge >= 0.3 is 5.97 Å². The highest BCUT2D eigenvalue weighted by Crippen LogP contribution is 2.27. The molecule has 110 valence electrons. The van der Waals surface area contributed by atoms with Crippen LogP contribution in [0.15, 0.2) is 23.1 Å². The Labute approximate surface area is 119 Å². The lowest BCUT2D eigenvalue weighted by Crippen LogP contribution is -2.47. The van der Waals surface area contributed by atoms with Gasteiger partial charge in [-0.05, 0) is 50.3 Å². The second-order valence-corrected chi connectivity index (χ2v) is 7.09. The van der Waals surface area contributed by atoms with Crippen molar-refractivity contribution in [2.45, 2.75) is 44.0 Å². The molecule has 20 heavy (non-hydrogen) atoms. The summed E-state index contributed by atoms with van der Waals surface area (Å²) in [5.41, 5.74) is 1.49. The molecule has 1 heterocycles. The quantitative estimate of drug-likeness (QED) is 0.925. The third-order valence-corrected chi connectivity index (χ3v) is 5.72. The molecule has 1 saturated heterocycles. The molecule has 6 heteroatoms. The van der Waals surface area contributed by atoms with Crippen LogP contribution in [0.25, 0.3) is 0 Å². The van der Waals surface area contributed by atoms with Gasteiger partial charge in [-0.25, -0.2) is 8.42 Å². The summed E-state index contributed by atoms with van der Waals surface area (Å²) in [6, 6.07) is 4.26. The molecule has 1 aliphatic rings. The molecule has 1 fully saturated rings. The van der Waals surface area contributed by atoms with Gasteiger partial charge < -0.3 is 5.11 Å². The Bertz CT molecular complexity index is 624. The first-order valence-corrected chi connectivity index (χ1v) is 8.10. The Kier molecular flexibility index (Phi) is 4.15. The molecule has 1 aromatic rings. The molecule has 2 rings (SSSR count). The van der Waals surface area contributed by atoms with E-state index >= 15 is 0 Å².